The predicted molar refractivity (Wildman–Crippen MR) is 140 cm³/mol. The van der Waals surface area contributed by atoms with Crippen LogP contribution in [0.15, 0.2) is 36.7 Å². The summed E-state index contributed by atoms with van der Waals surface area (Å²) in [6.07, 6.45) is 26.8. The predicted octanol–water partition coefficient (Wildman–Crippen LogP) is 8.96. The molecule has 0 spiro atoms. The summed E-state index contributed by atoms with van der Waals surface area (Å²) in [6.45, 7) is 3.03. The number of benzene rings is 1. The third-order valence-electron chi connectivity index (χ3n) is 7.16. The first-order valence-corrected chi connectivity index (χ1v) is 13.9. The molecule has 1 aliphatic rings. The van der Waals surface area contributed by atoms with E-state index in [-0.39, 0.29) is 0 Å². The van der Waals surface area contributed by atoms with Crippen LogP contribution in [0.1, 0.15) is 115 Å². The van der Waals surface area contributed by atoms with Crippen LogP contribution >= 0.6 is 0 Å². The van der Waals surface area contributed by atoms with Crippen molar-refractivity contribution in [1.29, 1.82) is 0 Å². The first kappa shape index (κ1) is 25.7. The fraction of sp³-hybridized carbons (Fsp3) is 0.667. The molecule has 0 N–H and O–H groups in total. The summed E-state index contributed by atoms with van der Waals surface area (Å²) in [5, 5.41) is 0. The van der Waals surface area contributed by atoms with E-state index in [4.69, 9.17) is 4.74 Å². The lowest BCUT2D eigenvalue weighted by Crippen LogP contribution is -1.99. The fourth-order valence-electron chi connectivity index (χ4n) is 5.02. The number of ether oxygens (including phenoxy) is 1. The van der Waals surface area contributed by atoms with Gasteiger partial charge in [0, 0.05) is 5.56 Å². The third-order valence-corrected chi connectivity index (χ3v) is 7.16. The quantitative estimate of drug-likeness (QED) is 0.226. The average molecular weight is 451 g/mol. The maximum atomic E-state index is 5.86. The highest BCUT2D eigenvalue weighted by molar-refractivity contribution is 5.55. The molecule has 1 saturated carbocycles. The second-order valence-corrected chi connectivity index (χ2v) is 10.0. The molecule has 0 amide bonds. The van der Waals surface area contributed by atoms with E-state index in [9.17, 15) is 0 Å². The highest BCUT2D eigenvalue weighted by atomic mass is 16.5. The van der Waals surface area contributed by atoms with E-state index in [0.29, 0.717) is 0 Å². The van der Waals surface area contributed by atoms with Crippen LogP contribution in [0.3, 0.4) is 0 Å². The van der Waals surface area contributed by atoms with Gasteiger partial charge in [0.15, 0.2) is 11.6 Å². The molecule has 0 atom stereocenters. The Morgan fingerprint density at radius 2 is 1.39 bits per heavy atom. The molecule has 1 aromatic heterocycles. The van der Waals surface area contributed by atoms with E-state index in [1.165, 1.54) is 102 Å². The Balaban J connectivity index is 1.24. The number of nitrogens with zero attached hydrogens (tertiary/aromatic N) is 2. The lowest BCUT2D eigenvalue weighted by molar-refractivity contribution is 0.302. The molecule has 0 aliphatic heterocycles. The van der Waals surface area contributed by atoms with Crippen molar-refractivity contribution in [1.82, 2.24) is 9.97 Å². The molecule has 2 aromatic rings. The number of hydrogen-bond acceptors (Lipinski definition) is 3. The van der Waals surface area contributed by atoms with Crippen molar-refractivity contribution in [2.24, 2.45) is 5.92 Å². The summed E-state index contributed by atoms with van der Waals surface area (Å²) in [5.41, 5.74) is 2.48. The first-order chi connectivity index (χ1) is 16.3. The van der Waals surface area contributed by atoms with Gasteiger partial charge in [0.2, 0.25) is 0 Å². The van der Waals surface area contributed by atoms with Crippen molar-refractivity contribution >= 4 is 0 Å². The lowest BCUT2D eigenvalue weighted by Gasteiger charge is -2.08. The van der Waals surface area contributed by atoms with Crippen LogP contribution in [-0.4, -0.2) is 16.6 Å². The fourth-order valence-corrected chi connectivity index (χ4v) is 5.02. The Hall–Kier alpha value is -1.90. The molecule has 1 aromatic carbocycles. The van der Waals surface area contributed by atoms with Crippen LogP contribution in [0.25, 0.3) is 11.4 Å². The van der Waals surface area contributed by atoms with Crippen LogP contribution in [-0.2, 0) is 6.42 Å². The molecular weight excluding hydrogens is 404 g/mol. The van der Waals surface area contributed by atoms with Gasteiger partial charge in [-0.1, -0.05) is 121 Å². The molecule has 0 radical (unpaired) electrons. The molecule has 182 valence electrons. The van der Waals surface area contributed by atoms with Crippen molar-refractivity contribution in [3.8, 4) is 17.1 Å². The Morgan fingerprint density at radius 1 is 0.758 bits per heavy atom. The number of hydrogen-bond donors (Lipinski definition) is 0. The molecule has 3 rings (SSSR count). The molecule has 1 aliphatic carbocycles. The van der Waals surface area contributed by atoms with Crippen molar-refractivity contribution in [2.45, 2.75) is 116 Å². The van der Waals surface area contributed by atoms with Gasteiger partial charge in [0.05, 0.1) is 19.0 Å². The zero-order valence-electron chi connectivity index (χ0n) is 21.1. The van der Waals surface area contributed by atoms with Gasteiger partial charge in [-0.3, -0.25) is 0 Å². The molecule has 3 heteroatoms. The molecule has 0 saturated heterocycles. The summed E-state index contributed by atoms with van der Waals surface area (Å²) in [7, 11) is 0. The normalized spacial score (nSPS) is 14.1. The Morgan fingerprint density at radius 3 is 2.12 bits per heavy atom. The molecule has 0 bridgehead atoms. The van der Waals surface area contributed by atoms with Gasteiger partial charge in [-0.25, -0.2) is 9.97 Å². The van der Waals surface area contributed by atoms with Crippen molar-refractivity contribution in [3.63, 3.8) is 0 Å². The topological polar surface area (TPSA) is 35.0 Å². The minimum atomic E-state index is 0.762. The SMILES string of the molecule is CCCCCCCc1ccc(-c2ncc(OCCCCCCCCC3CCCC3)cn2)cc1. The highest BCUT2D eigenvalue weighted by Gasteiger charge is 2.13. The van der Waals surface area contributed by atoms with Gasteiger partial charge in [0.1, 0.15) is 0 Å². The molecular formula is C30H46N2O. The van der Waals surface area contributed by atoms with Gasteiger partial charge in [0.25, 0.3) is 0 Å². The van der Waals surface area contributed by atoms with E-state index in [1.54, 1.807) is 0 Å². The van der Waals surface area contributed by atoms with E-state index in [0.717, 1.165) is 42.5 Å². The molecule has 0 unspecified atom stereocenters. The Kier molecular flexibility index (Phi) is 12.4. The van der Waals surface area contributed by atoms with E-state index >= 15 is 0 Å². The molecule has 33 heavy (non-hydrogen) atoms. The summed E-state index contributed by atoms with van der Waals surface area (Å²) in [6, 6.07) is 8.73. The number of aryl methyl sites for hydroxylation is 1. The second-order valence-electron chi connectivity index (χ2n) is 10.0. The van der Waals surface area contributed by atoms with Crippen LogP contribution in [0.5, 0.6) is 5.75 Å². The van der Waals surface area contributed by atoms with Gasteiger partial charge in [-0.2, -0.15) is 0 Å². The molecule has 3 nitrogen and oxygen atoms in total. The largest absolute Gasteiger partial charge is 0.490 e. The van der Waals surface area contributed by atoms with Gasteiger partial charge in [-0.15, -0.1) is 0 Å². The van der Waals surface area contributed by atoms with Gasteiger partial charge in [-0.05, 0) is 30.7 Å². The second kappa shape index (κ2) is 15.9. The smallest absolute Gasteiger partial charge is 0.159 e. The summed E-state index contributed by atoms with van der Waals surface area (Å²) < 4.78 is 5.86. The van der Waals surface area contributed by atoms with Crippen LogP contribution in [0.2, 0.25) is 0 Å². The minimum absolute atomic E-state index is 0.762. The van der Waals surface area contributed by atoms with Crippen molar-refractivity contribution in [3.05, 3.63) is 42.2 Å². The Labute approximate surface area is 202 Å². The van der Waals surface area contributed by atoms with Crippen molar-refractivity contribution in [2.75, 3.05) is 6.61 Å². The maximum Gasteiger partial charge on any atom is 0.159 e. The van der Waals surface area contributed by atoms with Crippen LogP contribution in [0.4, 0.5) is 0 Å². The van der Waals surface area contributed by atoms with Crippen LogP contribution in [0, 0.1) is 5.92 Å². The standard InChI is InChI=1S/C30H46N2O/c1-2-3-4-7-10-16-27-19-21-28(22-20-27)30-31-24-29(25-32-30)33-23-14-9-6-5-8-11-15-26-17-12-13-18-26/h19-22,24-26H,2-18,23H2,1H3. The molecule has 1 heterocycles. The summed E-state index contributed by atoms with van der Waals surface area (Å²) in [5.74, 6) is 2.60. The van der Waals surface area contributed by atoms with E-state index < -0.39 is 0 Å². The average Bonchev–Trinajstić information content (AvgIpc) is 3.37. The van der Waals surface area contributed by atoms with Gasteiger partial charge < -0.3 is 4.74 Å². The number of unbranched alkanes of at least 4 members (excludes halogenated alkanes) is 9. The third kappa shape index (κ3) is 10.3. The maximum absolute atomic E-state index is 5.86. The first-order valence-electron chi connectivity index (χ1n) is 13.9. The zero-order valence-corrected chi connectivity index (χ0v) is 21.1. The number of aromatic nitrogens is 2. The zero-order chi connectivity index (χ0) is 23.0. The van der Waals surface area contributed by atoms with Gasteiger partial charge >= 0.3 is 0 Å². The van der Waals surface area contributed by atoms with E-state index in [1.807, 2.05) is 12.4 Å². The summed E-state index contributed by atoms with van der Waals surface area (Å²) in [4.78, 5) is 9.04. The minimum Gasteiger partial charge on any atom is -0.490 e. The Bertz CT molecular complexity index is 735. The molecule has 1 fully saturated rings. The van der Waals surface area contributed by atoms with Crippen molar-refractivity contribution < 1.29 is 4.74 Å². The lowest BCUT2D eigenvalue weighted by atomic mass is 9.99. The number of rotatable bonds is 17. The van der Waals surface area contributed by atoms with Crippen LogP contribution < -0.4 is 4.74 Å². The summed E-state index contributed by atoms with van der Waals surface area (Å²) >= 11 is 0. The van der Waals surface area contributed by atoms with E-state index in [2.05, 4.69) is 41.2 Å². The highest BCUT2D eigenvalue weighted by Crippen LogP contribution is 2.29. The monoisotopic (exact) mass is 450 g/mol.